The number of rotatable bonds is 4. The Morgan fingerprint density at radius 2 is 2.14 bits per heavy atom. The molecule has 0 unspecified atom stereocenters. The van der Waals surface area contributed by atoms with Gasteiger partial charge in [-0.2, -0.15) is 5.10 Å². The van der Waals surface area contributed by atoms with Crippen molar-refractivity contribution < 1.29 is 13.5 Å². The zero-order valence-corrected chi connectivity index (χ0v) is 12.5. The lowest BCUT2D eigenvalue weighted by Gasteiger charge is -2.02. The predicted octanol–water partition coefficient (Wildman–Crippen LogP) is 2.75. The summed E-state index contributed by atoms with van der Waals surface area (Å²) < 4.78 is 26.3. The molecule has 0 saturated heterocycles. The Hall–Kier alpha value is -2.70. The van der Waals surface area contributed by atoms with E-state index in [9.17, 15) is 4.39 Å². The molecule has 3 aromatic rings. The molecule has 3 rings (SSSR count). The number of oxazole rings is 1. The van der Waals surface area contributed by atoms with Gasteiger partial charge >= 0.3 is 0 Å². The fourth-order valence-corrected chi connectivity index (χ4v) is 2.10. The lowest BCUT2D eigenvalue weighted by molar-refractivity contribution is 0.411. The number of aryl methyl sites for hydroxylation is 2. The monoisotopic (exact) mass is 302 g/mol. The van der Waals surface area contributed by atoms with Gasteiger partial charge in [-0.25, -0.2) is 19.0 Å². The Morgan fingerprint density at radius 1 is 1.32 bits per heavy atom. The standard InChI is InChI=1S/C15H15FN4O2/c1-9-14(7-20-8-17-10(2)19-20)18-15(22-9)12-5-4-11(21-3)6-13(12)16/h4-6,8H,7H2,1-3H3. The number of aromatic nitrogens is 4. The molecule has 7 heteroatoms. The lowest BCUT2D eigenvalue weighted by Crippen LogP contribution is -2.02. The Morgan fingerprint density at radius 3 is 2.77 bits per heavy atom. The van der Waals surface area contributed by atoms with Crippen LogP contribution in [0.1, 0.15) is 17.3 Å². The van der Waals surface area contributed by atoms with Gasteiger partial charge in [0.05, 0.1) is 19.2 Å². The summed E-state index contributed by atoms with van der Waals surface area (Å²) in [5.74, 6) is 1.55. The highest BCUT2D eigenvalue weighted by Crippen LogP contribution is 2.27. The van der Waals surface area contributed by atoms with Crippen molar-refractivity contribution in [2.75, 3.05) is 7.11 Å². The Balaban J connectivity index is 1.91. The molecule has 22 heavy (non-hydrogen) atoms. The first-order chi connectivity index (χ1) is 10.6. The van der Waals surface area contributed by atoms with Gasteiger partial charge in [0.25, 0.3) is 0 Å². The van der Waals surface area contributed by atoms with Crippen LogP contribution in [0.2, 0.25) is 0 Å². The van der Waals surface area contributed by atoms with Crippen LogP contribution in [0, 0.1) is 19.7 Å². The number of methoxy groups -OCH3 is 1. The van der Waals surface area contributed by atoms with E-state index in [4.69, 9.17) is 9.15 Å². The first-order valence-corrected chi connectivity index (χ1v) is 6.73. The average molecular weight is 302 g/mol. The van der Waals surface area contributed by atoms with Crippen LogP contribution in [0.15, 0.2) is 28.9 Å². The minimum Gasteiger partial charge on any atom is -0.497 e. The maximum atomic E-state index is 14.1. The zero-order valence-electron chi connectivity index (χ0n) is 12.5. The van der Waals surface area contributed by atoms with E-state index >= 15 is 0 Å². The van der Waals surface area contributed by atoms with E-state index in [2.05, 4.69) is 15.1 Å². The summed E-state index contributed by atoms with van der Waals surface area (Å²) in [4.78, 5) is 8.43. The molecule has 0 radical (unpaired) electrons. The molecule has 1 aromatic carbocycles. The van der Waals surface area contributed by atoms with E-state index in [0.717, 1.165) is 0 Å². The van der Waals surface area contributed by atoms with Gasteiger partial charge in [-0.15, -0.1) is 0 Å². The molecule has 0 atom stereocenters. The highest BCUT2D eigenvalue weighted by Gasteiger charge is 2.16. The summed E-state index contributed by atoms with van der Waals surface area (Å²) in [7, 11) is 1.49. The van der Waals surface area contributed by atoms with Gasteiger partial charge in [0.1, 0.15) is 35.2 Å². The lowest BCUT2D eigenvalue weighted by atomic mass is 10.2. The van der Waals surface area contributed by atoms with Crippen molar-refractivity contribution in [3.63, 3.8) is 0 Å². The molecule has 0 aliphatic rings. The largest absolute Gasteiger partial charge is 0.497 e. The van der Waals surface area contributed by atoms with E-state index in [0.29, 0.717) is 35.1 Å². The average Bonchev–Trinajstić information content (AvgIpc) is 3.06. The number of ether oxygens (including phenoxy) is 1. The highest BCUT2D eigenvalue weighted by molar-refractivity contribution is 5.56. The normalized spacial score (nSPS) is 10.9. The van der Waals surface area contributed by atoms with Crippen LogP contribution in [0.4, 0.5) is 4.39 Å². The molecule has 6 nitrogen and oxygen atoms in total. The summed E-state index contributed by atoms with van der Waals surface area (Å²) in [5, 5.41) is 4.20. The highest BCUT2D eigenvalue weighted by atomic mass is 19.1. The van der Waals surface area contributed by atoms with Gasteiger partial charge < -0.3 is 9.15 Å². The van der Waals surface area contributed by atoms with Crippen LogP contribution < -0.4 is 4.74 Å². The maximum absolute atomic E-state index is 14.1. The second-order valence-electron chi connectivity index (χ2n) is 4.86. The molecule has 0 bridgehead atoms. The fourth-order valence-electron chi connectivity index (χ4n) is 2.10. The predicted molar refractivity (Wildman–Crippen MR) is 77.0 cm³/mol. The maximum Gasteiger partial charge on any atom is 0.229 e. The first-order valence-electron chi connectivity index (χ1n) is 6.73. The van der Waals surface area contributed by atoms with Crippen LogP contribution in [-0.4, -0.2) is 26.9 Å². The van der Waals surface area contributed by atoms with Gasteiger partial charge in [-0.3, -0.25) is 0 Å². The number of halogens is 1. The molecular formula is C15H15FN4O2. The van der Waals surface area contributed by atoms with Crippen molar-refractivity contribution in [3.8, 4) is 17.2 Å². The van der Waals surface area contributed by atoms with E-state index in [1.54, 1.807) is 30.1 Å². The third kappa shape index (κ3) is 2.69. The first kappa shape index (κ1) is 14.2. The van der Waals surface area contributed by atoms with Crippen LogP contribution >= 0.6 is 0 Å². The van der Waals surface area contributed by atoms with Gasteiger partial charge in [0, 0.05) is 6.07 Å². The van der Waals surface area contributed by atoms with Crippen molar-refractivity contribution in [2.45, 2.75) is 20.4 Å². The van der Waals surface area contributed by atoms with Gasteiger partial charge in [0.2, 0.25) is 5.89 Å². The molecule has 0 spiro atoms. The third-order valence-corrected chi connectivity index (χ3v) is 3.26. The second-order valence-corrected chi connectivity index (χ2v) is 4.86. The van der Waals surface area contributed by atoms with Crippen LogP contribution in [0.5, 0.6) is 5.75 Å². The molecule has 2 heterocycles. The molecular weight excluding hydrogens is 287 g/mol. The summed E-state index contributed by atoms with van der Waals surface area (Å²) in [6.45, 7) is 4.02. The van der Waals surface area contributed by atoms with Crippen LogP contribution in [0.25, 0.3) is 11.5 Å². The molecule has 0 N–H and O–H groups in total. The third-order valence-electron chi connectivity index (χ3n) is 3.26. The van der Waals surface area contributed by atoms with Crippen molar-refractivity contribution in [3.05, 3.63) is 47.6 Å². The van der Waals surface area contributed by atoms with E-state index < -0.39 is 5.82 Å². The minimum absolute atomic E-state index is 0.240. The summed E-state index contributed by atoms with van der Waals surface area (Å²) in [5.41, 5.74) is 0.986. The van der Waals surface area contributed by atoms with Crippen molar-refractivity contribution in [2.24, 2.45) is 0 Å². The van der Waals surface area contributed by atoms with E-state index in [-0.39, 0.29) is 5.89 Å². The van der Waals surface area contributed by atoms with E-state index in [1.165, 1.54) is 13.2 Å². The number of hydrogen-bond acceptors (Lipinski definition) is 5. The van der Waals surface area contributed by atoms with Crippen molar-refractivity contribution in [1.82, 2.24) is 19.7 Å². The van der Waals surface area contributed by atoms with Gasteiger partial charge in [-0.1, -0.05) is 0 Å². The smallest absolute Gasteiger partial charge is 0.229 e. The summed E-state index contributed by atoms with van der Waals surface area (Å²) >= 11 is 0. The van der Waals surface area contributed by atoms with Crippen LogP contribution in [0.3, 0.4) is 0 Å². The quantitative estimate of drug-likeness (QED) is 0.741. The molecule has 114 valence electrons. The minimum atomic E-state index is -0.441. The summed E-state index contributed by atoms with van der Waals surface area (Å²) in [6.07, 6.45) is 1.62. The number of hydrogen-bond donors (Lipinski definition) is 0. The van der Waals surface area contributed by atoms with Gasteiger partial charge in [-0.05, 0) is 26.0 Å². The Kier molecular flexibility index (Phi) is 3.62. The Labute approximate surface area is 126 Å². The molecule has 0 saturated carbocycles. The topological polar surface area (TPSA) is 66.0 Å². The molecule has 0 aliphatic carbocycles. The number of benzene rings is 1. The Bertz CT molecular complexity index is 810. The molecule has 0 aliphatic heterocycles. The summed E-state index contributed by atoms with van der Waals surface area (Å²) in [6, 6.07) is 4.55. The molecule has 0 amide bonds. The second kappa shape index (κ2) is 5.59. The molecule has 2 aromatic heterocycles. The SMILES string of the molecule is COc1ccc(-c2nc(Cn3cnc(C)n3)c(C)o2)c(F)c1. The fraction of sp³-hybridized carbons (Fsp3) is 0.267. The van der Waals surface area contributed by atoms with Crippen molar-refractivity contribution >= 4 is 0 Å². The van der Waals surface area contributed by atoms with Crippen molar-refractivity contribution in [1.29, 1.82) is 0 Å². The van der Waals surface area contributed by atoms with E-state index in [1.807, 2.05) is 6.92 Å². The number of nitrogens with zero attached hydrogens (tertiary/aromatic N) is 4. The molecule has 0 fully saturated rings. The van der Waals surface area contributed by atoms with Gasteiger partial charge in [0.15, 0.2) is 0 Å². The van der Waals surface area contributed by atoms with Crippen LogP contribution in [-0.2, 0) is 6.54 Å². The zero-order chi connectivity index (χ0) is 15.7.